The second-order valence-electron chi connectivity index (χ2n) is 4.53. The van der Waals surface area contributed by atoms with Crippen molar-refractivity contribution in [3.8, 4) is 6.07 Å². The highest BCUT2D eigenvalue weighted by atomic mass is 15.1. The predicted molar refractivity (Wildman–Crippen MR) is 79.0 cm³/mol. The summed E-state index contributed by atoms with van der Waals surface area (Å²) in [4.78, 5) is 7.59. The Kier molecular flexibility index (Phi) is 2.98. The smallest absolute Gasteiger partial charge is 0.201 e. The summed E-state index contributed by atoms with van der Waals surface area (Å²) in [5.74, 6) is 0.688. The second-order valence-corrected chi connectivity index (χ2v) is 4.53. The number of anilines is 2. The number of nitrogen functional groups attached to an aromatic ring is 1. The van der Waals surface area contributed by atoms with Crippen molar-refractivity contribution >= 4 is 22.7 Å². The minimum Gasteiger partial charge on any atom is -0.399 e. The quantitative estimate of drug-likeness (QED) is 0.633. The van der Waals surface area contributed by atoms with E-state index in [-0.39, 0.29) is 0 Å². The first-order chi connectivity index (χ1) is 9.74. The van der Waals surface area contributed by atoms with Crippen molar-refractivity contribution in [3.05, 3.63) is 53.6 Å². The van der Waals surface area contributed by atoms with Gasteiger partial charge in [0.25, 0.3) is 0 Å². The predicted octanol–water partition coefficient (Wildman–Crippen LogP) is 2.63. The van der Waals surface area contributed by atoms with Crippen LogP contribution in [0.15, 0.2) is 42.5 Å². The molecule has 3 rings (SSSR count). The standard InChI is InChI=1S/C15H13N5/c16-8-10-2-1-3-11(6-10)9-18-15-19-13-5-4-12(17)7-14(13)20-15/h1-7H,9,17H2,(H2,18,19,20). The Morgan fingerprint density at radius 1 is 1.25 bits per heavy atom. The Hall–Kier alpha value is -3.00. The van der Waals surface area contributed by atoms with Crippen LogP contribution in [0, 0.1) is 11.3 Å². The van der Waals surface area contributed by atoms with E-state index in [0.717, 1.165) is 16.6 Å². The van der Waals surface area contributed by atoms with Gasteiger partial charge in [0.05, 0.1) is 22.7 Å². The number of nitrogens with zero attached hydrogens (tertiary/aromatic N) is 2. The van der Waals surface area contributed by atoms with E-state index in [4.69, 9.17) is 11.0 Å². The number of nitrogens with one attached hydrogen (secondary N) is 2. The van der Waals surface area contributed by atoms with Crippen LogP contribution in [-0.2, 0) is 6.54 Å². The van der Waals surface area contributed by atoms with E-state index in [1.54, 1.807) is 6.07 Å². The lowest BCUT2D eigenvalue weighted by molar-refractivity contribution is 1.10. The third-order valence-electron chi connectivity index (χ3n) is 3.02. The number of nitriles is 1. The van der Waals surface area contributed by atoms with Crippen LogP contribution in [-0.4, -0.2) is 9.97 Å². The number of rotatable bonds is 3. The number of nitrogens with two attached hydrogens (primary N) is 1. The first-order valence-electron chi connectivity index (χ1n) is 6.23. The summed E-state index contributed by atoms with van der Waals surface area (Å²) >= 11 is 0. The Balaban J connectivity index is 1.78. The fourth-order valence-electron chi connectivity index (χ4n) is 2.05. The lowest BCUT2D eigenvalue weighted by Crippen LogP contribution is -2.00. The number of fused-ring (bicyclic) bond motifs is 1. The Labute approximate surface area is 116 Å². The van der Waals surface area contributed by atoms with Gasteiger partial charge in [-0.15, -0.1) is 0 Å². The zero-order chi connectivity index (χ0) is 13.9. The van der Waals surface area contributed by atoms with Crippen LogP contribution in [0.4, 0.5) is 11.6 Å². The van der Waals surface area contributed by atoms with Gasteiger partial charge in [-0.2, -0.15) is 5.26 Å². The molecule has 0 atom stereocenters. The van der Waals surface area contributed by atoms with Crippen molar-refractivity contribution in [2.45, 2.75) is 6.54 Å². The molecule has 1 heterocycles. The van der Waals surface area contributed by atoms with E-state index in [2.05, 4.69) is 21.4 Å². The number of hydrogen-bond acceptors (Lipinski definition) is 4. The van der Waals surface area contributed by atoms with Gasteiger partial charge in [0, 0.05) is 12.2 Å². The molecule has 0 spiro atoms. The van der Waals surface area contributed by atoms with Crippen molar-refractivity contribution in [2.75, 3.05) is 11.1 Å². The van der Waals surface area contributed by atoms with Crippen molar-refractivity contribution in [1.29, 1.82) is 5.26 Å². The number of H-pyrrole nitrogens is 1. The molecule has 0 aliphatic rings. The topological polar surface area (TPSA) is 90.5 Å². The van der Waals surface area contributed by atoms with Crippen LogP contribution in [0.2, 0.25) is 0 Å². The number of imidazole rings is 1. The van der Waals surface area contributed by atoms with Crippen LogP contribution in [0.1, 0.15) is 11.1 Å². The summed E-state index contributed by atoms with van der Waals surface area (Å²) in [6, 6.07) is 15.2. The molecular formula is C15H13N5. The Morgan fingerprint density at radius 2 is 2.15 bits per heavy atom. The van der Waals surface area contributed by atoms with Gasteiger partial charge in [0.1, 0.15) is 0 Å². The first kappa shape index (κ1) is 12.1. The second kappa shape index (κ2) is 4.94. The summed E-state index contributed by atoms with van der Waals surface area (Å²) in [6.45, 7) is 0.602. The minimum atomic E-state index is 0.602. The molecular weight excluding hydrogens is 250 g/mol. The molecule has 5 nitrogen and oxygen atoms in total. The lowest BCUT2D eigenvalue weighted by atomic mass is 10.1. The molecule has 0 bridgehead atoms. The monoisotopic (exact) mass is 263 g/mol. The molecule has 0 fully saturated rings. The minimum absolute atomic E-state index is 0.602. The van der Waals surface area contributed by atoms with E-state index >= 15 is 0 Å². The molecule has 3 aromatic rings. The molecule has 0 unspecified atom stereocenters. The SMILES string of the molecule is N#Cc1cccc(CNc2nc3ccc(N)cc3[nH]2)c1. The maximum absolute atomic E-state index is 8.87. The molecule has 0 saturated carbocycles. The zero-order valence-electron chi connectivity index (χ0n) is 10.7. The summed E-state index contributed by atoms with van der Waals surface area (Å²) in [5, 5.41) is 12.1. The molecule has 0 saturated heterocycles. The third kappa shape index (κ3) is 2.40. The Morgan fingerprint density at radius 3 is 3.00 bits per heavy atom. The largest absolute Gasteiger partial charge is 0.399 e. The fraction of sp³-hybridized carbons (Fsp3) is 0.0667. The highest BCUT2D eigenvalue weighted by molar-refractivity contribution is 5.80. The van der Waals surface area contributed by atoms with Gasteiger partial charge in [-0.05, 0) is 35.9 Å². The van der Waals surface area contributed by atoms with Gasteiger partial charge in [-0.3, -0.25) is 0 Å². The van der Waals surface area contributed by atoms with Crippen molar-refractivity contribution in [3.63, 3.8) is 0 Å². The van der Waals surface area contributed by atoms with Gasteiger partial charge < -0.3 is 16.0 Å². The number of aromatic nitrogens is 2. The van der Waals surface area contributed by atoms with E-state index in [9.17, 15) is 0 Å². The molecule has 0 aliphatic carbocycles. The average molecular weight is 263 g/mol. The normalized spacial score (nSPS) is 10.3. The van der Waals surface area contributed by atoms with Gasteiger partial charge in [-0.1, -0.05) is 12.1 Å². The molecule has 0 radical (unpaired) electrons. The van der Waals surface area contributed by atoms with Crippen LogP contribution in [0.3, 0.4) is 0 Å². The lowest BCUT2D eigenvalue weighted by Gasteiger charge is -2.03. The van der Waals surface area contributed by atoms with Gasteiger partial charge in [-0.25, -0.2) is 4.98 Å². The Bertz CT molecular complexity index is 797. The summed E-state index contributed by atoms with van der Waals surface area (Å²) < 4.78 is 0. The van der Waals surface area contributed by atoms with Crippen LogP contribution < -0.4 is 11.1 Å². The zero-order valence-corrected chi connectivity index (χ0v) is 10.7. The summed E-state index contributed by atoms with van der Waals surface area (Å²) in [7, 11) is 0. The molecule has 1 aromatic heterocycles. The average Bonchev–Trinajstić information content (AvgIpc) is 2.87. The van der Waals surface area contributed by atoms with Gasteiger partial charge in [0.2, 0.25) is 5.95 Å². The number of benzene rings is 2. The molecule has 98 valence electrons. The maximum Gasteiger partial charge on any atom is 0.201 e. The van der Waals surface area contributed by atoms with Crippen LogP contribution in [0.5, 0.6) is 0 Å². The molecule has 5 heteroatoms. The van der Waals surface area contributed by atoms with Crippen LogP contribution >= 0.6 is 0 Å². The van der Waals surface area contributed by atoms with Crippen LogP contribution in [0.25, 0.3) is 11.0 Å². The highest BCUT2D eigenvalue weighted by Crippen LogP contribution is 2.17. The maximum atomic E-state index is 8.87. The van der Waals surface area contributed by atoms with Gasteiger partial charge in [0.15, 0.2) is 0 Å². The van der Waals surface area contributed by atoms with E-state index in [0.29, 0.717) is 23.7 Å². The van der Waals surface area contributed by atoms with Crippen molar-refractivity contribution < 1.29 is 0 Å². The molecule has 20 heavy (non-hydrogen) atoms. The number of hydrogen-bond donors (Lipinski definition) is 3. The molecule has 0 amide bonds. The third-order valence-corrected chi connectivity index (χ3v) is 3.02. The molecule has 4 N–H and O–H groups in total. The number of aromatic amines is 1. The van der Waals surface area contributed by atoms with E-state index in [1.807, 2.05) is 36.4 Å². The van der Waals surface area contributed by atoms with Gasteiger partial charge >= 0.3 is 0 Å². The summed E-state index contributed by atoms with van der Waals surface area (Å²) in [5.41, 5.74) is 9.89. The van der Waals surface area contributed by atoms with E-state index < -0.39 is 0 Å². The molecule has 0 aliphatic heterocycles. The summed E-state index contributed by atoms with van der Waals surface area (Å²) in [6.07, 6.45) is 0. The fourth-order valence-corrected chi connectivity index (χ4v) is 2.05. The highest BCUT2D eigenvalue weighted by Gasteiger charge is 2.03. The molecule has 2 aromatic carbocycles. The van der Waals surface area contributed by atoms with Crippen molar-refractivity contribution in [1.82, 2.24) is 9.97 Å². The van der Waals surface area contributed by atoms with Crippen molar-refractivity contribution in [2.24, 2.45) is 0 Å². The van der Waals surface area contributed by atoms with E-state index in [1.165, 1.54) is 0 Å². The first-order valence-corrected chi connectivity index (χ1v) is 6.23.